The van der Waals surface area contributed by atoms with Gasteiger partial charge in [0.05, 0.1) is 4.92 Å². The van der Waals surface area contributed by atoms with E-state index in [-0.39, 0.29) is 12.1 Å². The third-order valence-corrected chi connectivity index (χ3v) is 3.07. The number of nitro groups is 1. The van der Waals surface area contributed by atoms with Crippen LogP contribution in [0.4, 0.5) is 16.2 Å². The van der Waals surface area contributed by atoms with Gasteiger partial charge in [0.25, 0.3) is 5.69 Å². The maximum atomic E-state index is 11.7. The normalized spacial score (nSPS) is 12.1. The molecule has 9 nitrogen and oxygen atoms in total. The number of carbonyl (C=O) groups is 2. The number of hydrogen-bond donors (Lipinski definition) is 3. The zero-order chi connectivity index (χ0) is 19.0. The molecular formula is C16H23N3O6. The van der Waals surface area contributed by atoms with Crippen molar-refractivity contribution in [2.45, 2.75) is 45.3 Å². The van der Waals surface area contributed by atoms with E-state index < -0.39 is 28.6 Å². The van der Waals surface area contributed by atoms with E-state index >= 15 is 0 Å². The lowest BCUT2D eigenvalue weighted by molar-refractivity contribution is -0.384. The number of nitrogens with one attached hydrogen (secondary N) is 2. The summed E-state index contributed by atoms with van der Waals surface area (Å²) in [7, 11) is 0. The number of amides is 1. The maximum Gasteiger partial charge on any atom is 0.408 e. The van der Waals surface area contributed by atoms with Crippen LogP contribution in [0, 0.1) is 10.1 Å². The molecule has 0 unspecified atom stereocenters. The third-order valence-electron chi connectivity index (χ3n) is 3.07. The molecular weight excluding hydrogens is 330 g/mol. The Morgan fingerprint density at radius 1 is 1.32 bits per heavy atom. The lowest BCUT2D eigenvalue weighted by atomic mass is 10.1. The highest BCUT2D eigenvalue weighted by atomic mass is 16.6. The lowest BCUT2D eigenvalue weighted by Crippen LogP contribution is -2.43. The van der Waals surface area contributed by atoms with Gasteiger partial charge in [0.1, 0.15) is 17.3 Å². The average molecular weight is 353 g/mol. The number of nitro benzene ring substituents is 1. The summed E-state index contributed by atoms with van der Waals surface area (Å²) in [6, 6.07) is 5.09. The molecule has 1 amide bonds. The fourth-order valence-electron chi connectivity index (χ4n) is 2.02. The van der Waals surface area contributed by atoms with Crippen LogP contribution in [0.3, 0.4) is 0 Å². The number of anilines is 1. The van der Waals surface area contributed by atoms with Gasteiger partial charge in [-0.1, -0.05) is 12.1 Å². The van der Waals surface area contributed by atoms with Gasteiger partial charge < -0.3 is 20.5 Å². The number of aliphatic carboxylic acids is 1. The Kier molecular flexibility index (Phi) is 7.16. The van der Waals surface area contributed by atoms with Crippen molar-refractivity contribution < 1.29 is 24.4 Å². The van der Waals surface area contributed by atoms with Gasteiger partial charge >= 0.3 is 12.1 Å². The van der Waals surface area contributed by atoms with Crippen LogP contribution in [0.1, 0.15) is 33.6 Å². The van der Waals surface area contributed by atoms with Crippen molar-refractivity contribution in [1.82, 2.24) is 5.32 Å². The fraction of sp³-hybridized carbons (Fsp3) is 0.500. The Hall–Kier alpha value is -2.84. The molecule has 0 aliphatic rings. The largest absolute Gasteiger partial charge is 0.480 e. The molecule has 1 aromatic carbocycles. The van der Waals surface area contributed by atoms with Crippen molar-refractivity contribution in [3.63, 3.8) is 0 Å². The minimum absolute atomic E-state index is 0.0517. The summed E-state index contributed by atoms with van der Waals surface area (Å²) in [5.74, 6) is -1.17. The first-order valence-corrected chi connectivity index (χ1v) is 7.80. The van der Waals surface area contributed by atoms with E-state index in [1.807, 2.05) is 0 Å². The summed E-state index contributed by atoms with van der Waals surface area (Å²) < 4.78 is 5.03. The first-order valence-electron chi connectivity index (χ1n) is 7.80. The number of rotatable bonds is 8. The van der Waals surface area contributed by atoms with Crippen LogP contribution in [0.5, 0.6) is 0 Å². The van der Waals surface area contributed by atoms with Crippen LogP contribution in [0.2, 0.25) is 0 Å². The third kappa shape index (κ3) is 7.51. The van der Waals surface area contributed by atoms with Gasteiger partial charge in [-0.15, -0.1) is 0 Å². The molecule has 25 heavy (non-hydrogen) atoms. The molecule has 9 heteroatoms. The van der Waals surface area contributed by atoms with Gasteiger partial charge in [0.15, 0.2) is 0 Å². The van der Waals surface area contributed by atoms with Crippen LogP contribution in [0.25, 0.3) is 0 Å². The Labute approximate surface area is 145 Å². The Morgan fingerprint density at radius 3 is 2.52 bits per heavy atom. The predicted molar refractivity (Wildman–Crippen MR) is 91.6 cm³/mol. The van der Waals surface area contributed by atoms with Crippen molar-refractivity contribution in [3.8, 4) is 0 Å². The molecule has 1 rings (SSSR count). The topological polar surface area (TPSA) is 131 Å². The highest BCUT2D eigenvalue weighted by Crippen LogP contribution is 2.23. The number of carboxylic acid groups (broad SMARTS) is 1. The summed E-state index contributed by atoms with van der Waals surface area (Å²) in [6.07, 6.45) is -0.257. The van der Waals surface area contributed by atoms with Crippen molar-refractivity contribution in [1.29, 1.82) is 0 Å². The van der Waals surface area contributed by atoms with Crippen molar-refractivity contribution in [2.24, 2.45) is 0 Å². The molecule has 0 heterocycles. The number of alkyl carbamates (subject to hydrolysis) is 1. The minimum atomic E-state index is -1.17. The number of benzene rings is 1. The second-order valence-electron chi connectivity index (χ2n) is 6.38. The molecule has 0 spiro atoms. The molecule has 0 saturated heterocycles. The summed E-state index contributed by atoms with van der Waals surface area (Å²) in [5.41, 5.74) is -0.412. The number of para-hydroxylation sites is 2. The average Bonchev–Trinajstić information content (AvgIpc) is 2.48. The molecule has 0 fully saturated rings. The molecule has 0 aliphatic carbocycles. The van der Waals surface area contributed by atoms with Crippen LogP contribution >= 0.6 is 0 Å². The van der Waals surface area contributed by atoms with Crippen LogP contribution in [-0.2, 0) is 9.53 Å². The SMILES string of the molecule is CC(C)(C)OC(=O)N[C@@H](CCCNc1ccccc1[N+](=O)[O-])C(=O)O. The van der Waals surface area contributed by atoms with Crippen LogP contribution < -0.4 is 10.6 Å². The van der Waals surface area contributed by atoms with Crippen molar-refractivity contribution >= 4 is 23.4 Å². The molecule has 0 bridgehead atoms. The highest BCUT2D eigenvalue weighted by molar-refractivity contribution is 5.79. The van der Waals surface area contributed by atoms with E-state index in [4.69, 9.17) is 4.74 Å². The number of nitrogens with zero attached hydrogens (tertiary/aromatic N) is 1. The summed E-state index contributed by atoms with van der Waals surface area (Å²) in [6.45, 7) is 5.36. The second-order valence-corrected chi connectivity index (χ2v) is 6.38. The molecule has 0 radical (unpaired) electrons. The minimum Gasteiger partial charge on any atom is -0.480 e. The summed E-state index contributed by atoms with van der Waals surface area (Å²) in [4.78, 5) is 33.3. The van der Waals surface area contributed by atoms with E-state index in [9.17, 15) is 24.8 Å². The first kappa shape index (κ1) is 20.2. The first-order chi connectivity index (χ1) is 11.6. The smallest absolute Gasteiger partial charge is 0.408 e. The Balaban J connectivity index is 2.50. The Bertz CT molecular complexity index is 627. The van der Waals surface area contributed by atoms with Gasteiger partial charge in [-0.05, 0) is 39.7 Å². The molecule has 1 aromatic rings. The van der Waals surface area contributed by atoms with Crippen LogP contribution in [0.15, 0.2) is 24.3 Å². The highest BCUT2D eigenvalue weighted by Gasteiger charge is 2.23. The number of carboxylic acids is 1. The number of ether oxygens (including phenoxy) is 1. The monoisotopic (exact) mass is 353 g/mol. The fourth-order valence-corrected chi connectivity index (χ4v) is 2.02. The zero-order valence-corrected chi connectivity index (χ0v) is 14.4. The Morgan fingerprint density at radius 2 is 1.96 bits per heavy atom. The molecule has 3 N–H and O–H groups in total. The van der Waals surface area contributed by atoms with E-state index in [2.05, 4.69) is 10.6 Å². The van der Waals surface area contributed by atoms with Gasteiger partial charge in [0, 0.05) is 12.6 Å². The maximum absolute atomic E-state index is 11.7. The van der Waals surface area contributed by atoms with Gasteiger partial charge in [-0.25, -0.2) is 9.59 Å². The summed E-state index contributed by atoms with van der Waals surface area (Å²) >= 11 is 0. The van der Waals surface area contributed by atoms with E-state index in [1.165, 1.54) is 6.07 Å². The van der Waals surface area contributed by atoms with E-state index in [1.54, 1.807) is 39.0 Å². The molecule has 0 aliphatic heterocycles. The van der Waals surface area contributed by atoms with Gasteiger partial charge in [-0.3, -0.25) is 10.1 Å². The van der Waals surface area contributed by atoms with E-state index in [0.717, 1.165) is 0 Å². The standard InChI is InChI=1S/C16H23N3O6/c1-16(2,3)25-15(22)18-12(14(20)21)8-6-10-17-11-7-4-5-9-13(11)19(23)24/h4-5,7,9,12,17H,6,8,10H2,1-3H3,(H,18,22)(H,20,21)/t12-/m0/s1. The van der Waals surface area contributed by atoms with Gasteiger partial charge in [0.2, 0.25) is 0 Å². The van der Waals surface area contributed by atoms with Crippen molar-refractivity contribution in [2.75, 3.05) is 11.9 Å². The lowest BCUT2D eigenvalue weighted by Gasteiger charge is -2.22. The van der Waals surface area contributed by atoms with Crippen molar-refractivity contribution in [3.05, 3.63) is 34.4 Å². The van der Waals surface area contributed by atoms with E-state index in [0.29, 0.717) is 18.7 Å². The van der Waals surface area contributed by atoms with Gasteiger partial charge in [-0.2, -0.15) is 0 Å². The molecule has 1 atom stereocenters. The molecule has 0 aromatic heterocycles. The second kappa shape index (κ2) is 8.86. The molecule has 0 saturated carbocycles. The predicted octanol–water partition coefficient (Wildman–Crippen LogP) is 2.76. The zero-order valence-electron chi connectivity index (χ0n) is 14.4. The molecule has 138 valence electrons. The number of carbonyl (C=O) groups excluding carboxylic acids is 1. The quantitative estimate of drug-likeness (QED) is 0.372. The summed E-state index contributed by atoms with van der Waals surface area (Å²) in [5, 5.41) is 25.3. The number of hydrogen-bond acceptors (Lipinski definition) is 6. The van der Waals surface area contributed by atoms with Crippen LogP contribution in [-0.4, -0.2) is 40.3 Å².